The average Bonchev–Trinajstić information content (AvgIpc) is 1.97. The van der Waals surface area contributed by atoms with Gasteiger partial charge in [0.2, 0.25) is 0 Å². The Labute approximate surface area is 88.5 Å². The molecule has 0 aliphatic carbocycles. The van der Waals surface area contributed by atoms with Crippen LogP contribution in [0.15, 0.2) is 16.6 Å². The number of nitrogens with two attached hydrogens (primary N) is 1. The van der Waals surface area contributed by atoms with E-state index in [1.807, 2.05) is 13.8 Å². The summed E-state index contributed by atoms with van der Waals surface area (Å²) in [6.45, 7) is 8.25. The van der Waals surface area contributed by atoms with Crippen LogP contribution in [0.1, 0.15) is 30.5 Å². The van der Waals surface area contributed by atoms with E-state index < -0.39 is 0 Å². The van der Waals surface area contributed by atoms with Gasteiger partial charge in [-0.15, -0.1) is 0 Å². The minimum Gasteiger partial charge on any atom is -0.322 e. The molecule has 1 aromatic carbocycles. The lowest BCUT2D eigenvalue weighted by Crippen LogP contribution is -2.28. The van der Waals surface area contributed by atoms with E-state index in [-0.39, 0.29) is 5.54 Å². The zero-order valence-electron chi connectivity index (χ0n) is 8.61. The fourth-order valence-corrected chi connectivity index (χ4v) is 1.75. The Bertz CT molecular complexity index is 300. The van der Waals surface area contributed by atoms with Crippen molar-refractivity contribution in [2.24, 2.45) is 5.73 Å². The molecule has 1 nitrogen and oxygen atoms in total. The van der Waals surface area contributed by atoms with Gasteiger partial charge in [-0.25, -0.2) is 0 Å². The number of benzene rings is 1. The summed E-state index contributed by atoms with van der Waals surface area (Å²) in [7, 11) is 0. The van der Waals surface area contributed by atoms with Gasteiger partial charge in [0.1, 0.15) is 0 Å². The van der Waals surface area contributed by atoms with Gasteiger partial charge in [-0.2, -0.15) is 0 Å². The number of rotatable bonds is 1. The first kappa shape index (κ1) is 10.7. The Morgan fingerprint density at radius 2 is 1.77 bits per heavy atom. The van der Waals surface area contributed by atoms with Crippen molar-refractivity contribution in [3.63, 3.8) is 0 Å². The van der Waals surface area contributed by atoms with Gasteiger partial charge in [-0.1, -0.05) is 22.0 Å². The van der Waals surface area contributed by atoms with E-state index in [0.717, 1.165) is 4.47 Å². The topological polar surface area (TPSA) is 26.0 Å². The van der Waals surface area contributed by atoms with Gasteiger partial charge in [-0.3, -0.25) is 0 Å². The molecule has 13 heavy (non-hydrogen) atoms. The average molecular weight is 242 g/mol. The zero-order chi connectivity index (χ0) is 10.2. The highest BCUT2D eigenvalue weighted by atomic mass is 79.9. The molecule has 2 N–H and O–H groups in total. The predicted octanol–water partition coefficient (Wildman–Crippen LogP) is 3.26. The van der Waals surface area contributed by atoms with Crippen LogP contribution in [-0.4, -0.2) is 0 Å². The molecule has 0 fully saturated rings. The van der Waals surface area contributed by atoms with Gasteiger partial charge in [0.25, 0.3) is 0 Å². The van der Waals surface area contributed by atoms with Crippen LogP contribution in [0.5, 0.6) is 0 Å². The highest BCUT2D eigenvalue weighted by molar-refractivity contribution is 9.10. The molecule has 0 amide bonds. The molecule has 0 heterocycles. The summed E-state index contributed by atoms with van der Waals surface area (Å²) >= 11 is 3.53. The summed E-state index contributed by atoms with van der Waals surface area (Å²) in [6, 6.07) is 4.25. The van der Waals surface area contributed by atoms with Crippen LogP contribution in [0.4, 0.5) is 0 Å². The molecule has 0 aromatic heterocycles. The third-order valence-corrected chi connectivity index (χ3v) is 3.17. The molecule has 0 atom stereocenters. The number of hydrogen-bond acceptors (Lipinski definition) is 1. The summed E-state index contributed by atoms with van der Waals surface area (Å²) in [5, 5.41) is 0. The first-order chi connectivity index (χ1) is 5.82. The highest BCUT2D eigenvalue weighted by Gasteiger charge is 2.15. The second-order valence-corrected chi connectivity index (χ2v) is 4.98. The van der Waals surface area contributed by atoms with Crippen LogP contribution >= 0.6 is 15.9 Å². The van der Waals surface area contributed by atoms with Crippen molar-refractivity contribution in [1.82, 2.24) is 0 Å². The molecule has 0 aliphatic rings. The zero-order valence-corrected chi connectivity index (χ0v) is 10.2. The lowest BCUT2D eigenvalue weighted by Gasteiger charge is -2.21. The van der Waals surface area contributed by atoms with E-state index in [1.54, 1.807) is 0 Å². The van der Waals surface area contributed by atoms with Gasteiger partial charge >= 0.3 is 0 Å². The lowest BCUT2D eigenvalue weighted by molar-refractivity contribution is 0.553. The second-order valence-electron chi connectivity index (χ2n) is 4.12. The summed E-state index contributed by atoms with van der Waals surface area (Å²) in [5.41, 5.74) is 9.50. The maximum atomic E-state index is 6.02. The van der Waals surface area contributed by atoms with Crippen molar-refractivity contribution < 1.29 is 0 Å². The molecule has 1 rings (SSSR count). The molecule has 0 saturated heterocycles. The van der Waals surface area contributed by atoms with Crippen LogP contribution in [0.2, 0.25) is 0 Å². The van der Waals surface area contributed by atoms with Crippen LogP contribution < -0.4 is 5.73 Å². The summed E-state index contributed by atoms with van der Waals surface area (Å²) < 4.78 is 1.14. The normalized spacial score (nSPS) is 11.8. The third-order valence-electron chi connectivity index (χ3n) is 2.35. The Morgan fingerprint density at radius 1 is 1.23 bits per heavy atom. The van der Waals surface area contributed by atoms with Crippen LogP contribution in [0.3, 0.4) is 0 Å². The molecule has 0 spiro atoms. The van der Waals surface area contributed by atoms with E-state index in [2.05, 4.69) is 41.9 Å². The van der Waals surface area contributed by atoms with Crippen molar-refractivity contribution in [2.75, 3.05) is 0 Å². The van der Waals surface area contributed by atoms with Crippen LogP contribution in [0, 0.1) is 13.8 Å². The SMILES string of the molecule is Cc1cc(C(C)(C)N)cc(Br)c1C. The van der Waals surface area contributed by atoms with E-state index in [0.29, 0.717) is 0 Å². The Hall–Kier alpha value is -0.340. The predicted molar refractivity (Wildman–Crippen MR) is 60.8 cm³/mol. The van der Waals surface area contributed by atoms with Gasteiger partial charge in [0, 0.05) is 10.0 Å². The number of aryl methyl sites for hydroxylation is 1. The Morgan fingerprint density at radius 3 is 2.15 bits per heavy atom. The Balaban J connectivity index is 3.29. The summed E-state index contributed by atoms with van der Waals surface area (Å²) in [5.74, 6) is 0. The number of halogens is 1. The van der Waals surface area contributed by atoms with E-state index in [1.165, 1.54) is 16.7 Å². The lowest BCUT2D eigenvalue weighted by atomic mass is 9.93. The van der Waals surface area contributed by atoms with Crippen molar-refractivity contribution in [1.29, 1.82) is 0 Å². The van der Waals surface area contributed by atoms with Crippen molar-refractivity contribution in [3.8, 4) is 0 Å². The van der Waals surface area contributed by atoms with Crippen molar-refractivity contribution in [2.45, 2.75) is 33.2 Å². The monoisotopic (exact) mass is 241 g/mol. The smallest absolute Gasteiger partial charge is 0.0352 e. The fourth-order valence-electron chi connectivity index (χ4n) is 1.19. The van der Waals surface area contributed by atoms with Crippen molar-refractivity contribution in [3.05, 3.63) is 33.3 Å². The maximum absolute atomic E-state index is 6.02. The summed E-state index contributed by atoms with van der Waals surface area (Å²) in [6.07, 6.45) is 0. The molecule has 1 aromatic rings. The molecule has 2 heteroatoms. The second kappa shape index (κ2) is 3.43. The minimum absolute atomic E-state index is 0.263. The first-order valence-electron chi connectivity index (χ1n) is 4.38. The third kappa shape index (κ3) is 2.32. The van der Waals surface area contributed by atoms with Gasteiger partial charge in [0.15, 0.2) is 0 Å². The molecular formula is C11H16BrN. The van der Waals surface area contributed by atoms with E-state index in [4.69, 9.17) is 5.73 Å². The largest absolute Gasteiger partial charge is 0.322 e. The van der Waals surface area contributed by atoms with Gasteiger partial charge in [0.05, 0.1) is 0 Å². The van der Waals surface area contributed by atoms with Crippen LogP contribution in [0.25, 0.3) is 0 Å². The molecule has 0 aliphatic heterocycles. The van der Waals surface area contributed by atoms with Gasteiger partial charge in [-0.05, 0) is 50.5 Å². The molecule has 0 saturated carbocycles. The molecule has 72 valence electrons. The van der Waals surface area contributed by atoms with E-state index >= 15 is 0 Å². The molecule has 0 bridgehead atoms. The number of hydrogen-bond donors (Lipinski definition) is 1. The molecular weight excluding hydrogens is 226 g/mol. The van der Waals surface area contributed by atoms with Crippen LogP contribution in [-0.2, 0) is 5.54 Å². The standard InChI is InChI=1S/C11H16BrN/c1-7-5-9(11(3,4)13)6-10(12)8(7)2/h5-6H,13H2,1-4H3. The van der Waals surface area contributed by atoms with E-state index in [9.17, 15) is 0 Å². The Kier molecular flexibility index (Phi) is 2.83. The fraction of sp³-hybridized carbons (Fsp3) is 0.455. The van der Waals surface area contributed by atoms with Gasteiger partial charge < -0.3 is 5.73 Å². The molecule has 0 radical (unpaired) electrons. The van der Waals surface area contributed by atoms with Crippen molar-refractivity contribution >= 4 is 15.9 Å². The molecule has 0 unspecified atom stereocenters. The quantitative estimate of drug-likeness (QED) is 0.803. The minimum atomic E-state index is -0.263. The maximum Gasteiger partial charge on any atom is 0.0352 e. The highest BCUT2D eigenvalue weighted by Crippen LogP contribution is 2.26. The first-order valence-corrected chi connectivity index (χ1v) is 5.18. The summed E-state index contributed by atoms with van der Waals surface area (Å²) in [4.78, 5) is 0.